The Morgan fingerprint density at radius 3 is 2.73 bits per heavy atom. The first kappa shape index (κ1) is 14.2. The molecule has 0 unspecified atom stereocenters. The molecular formula is C15H11ClFN5. The summed E-state index contributed by atoms with van der Waals surface area (Å²) in [5.74, 6) is 0.108. The number of para-hydroxylation sites is 1. The second kappa shape index (κ2) is 6.36. The van der Waals surface area contributed by atoms with Gasteiger partial charge in [0.1, 0.15) is 5.82 Å². The van der Waals surface area contributed by atoms with Crippen molar-refractivity contribution in [2.24, 2.45) is 0 Å². The fraction of sp³-hybridized carbons (Fsp3) is 0. The minimum Gasteiger partial charge on any atom is -0.362 e. The smallest absolute Gasteiger partial charge is 0.181 e. The molecule has 1 heterocycles. The summed E-state index contributed by atoms with van der Waals surface area (Å²) in [7, 11) is 0. The molecule has 3 aromatic rings. The molecule has 1 N–H and O–H groups in total. The van der Waals surface area contributed by atoms with E-state index < -0.39 is 5.82 Å². The Balaban J connectivity index is 1.76. The molecule has 0 aliphatic heterocycles. The highest BCUT2D eigenvalue weighted by molar-refractivity contribution is 6.31. The SMILES string of the molecule is Fc1ccc(N/C=C\c2nnnn2-c2ccccc2)cc1Cl. The van der Waals surface area contributed by atoms with Crippen LogP contribution in [0.1, 0.15) is 5.82 Å². The van der Waals surface area contributed by atoms with E-state index >= 15 is 0 Å². The Labute approximate surface area is 131 Å². The molecule has 0 radical (unpaired) electrons. The van der Waals surface area contributed by atoms with Crippen LogP contribution in [0.2, 0.25) is 5.02 Å². The lowest BCUT2D eigenvalue weighted by molar-refractivity contribution is 0.628. The minimum atomic E-state index is -0.454. The third-order valence-corrected chi connectivity index (χ3v) is 3.19. The molecule has 0 saturated carbocycles. The average molecular weight is 316 g/mol. The minimum absolute atomic E-state index is 0.0625. The highest BCUT2D eigenvalue weighted by Crippen LogP contribution is 2.19. The van der Waals surface area contributed by atoms with Crippen molar-refractivity contribution in [3.8, 4) is 5.69 Å². The maximum absolute atomic E-state index is 13.1. The zero-order valence-corrected chi connectivity index (χ0v) is 12.1. The van der Waals surface area contributed by atoms with Gasteiger partial charge < -0.3 is 5.32 Å². The molecule has 0 fully saturated rings. The fourth-order valence-corrected chi connectivity index (χ4v) is 2.03. The molecule has 110 valence electrons. The molecule has 5 nitrogen and oxygen atoms in total. The number of nitrogens with one attached hydrogen (secondary N) is 1. The Hall–Kier alpha value is -2.73. The van der Waals surface area contributed by atoms with Gasteiger partial charge in [-0.05, 0) is 40.8 Å². The van der Waals surface area contributed by atoms with Gasteiger partial charge in [0.15, 0.2) is 5.82 Å². The Kier molecular flexibility index (Phi) is 4.11. The van der Waals surface area contributed by atoms with E-state index in [0.29, 0.717) is 11.5 Å². The number of tetrazole rings is 1. The van der Waals surface area contributed by atoms with E-state index in [0.717, 1.165) is 5.69 Å². The van der Waals surface area contributed by atoms with Crippen LogP contribution in [-0.4, -0.2) is 20.2 Å². The predicted octanol–water partition coefficient (Wildman–Crippen LogP) is 3.54. The van der Waals surface area contributed by atoms with E-state index in [1.807, 2.05) is 30.3 Å². The first-order valence-electron chi connectivity index (χ1n) is 6.46. The molecule has 0 spiro atoms. The molecular weight excluding hydrogens is 305 g/mol. The summed E-state index contributed by atoms with van der Waals surface area (Å²) in [5, 5.41) is 14.6. The van der Waals surface area contributed by atoms with Crippen molar-refractivity contribution in [1.82, 2.24) is 20.2 Å². The maximum Gasteiger partial charge on any atom is 0.181 e. The average Bonchev–Trinajstić information content (AvgIpc) is 3.00. The summed E-state index contributed by atoms with van der Waals surface area (Å²) >= 11 is 5.72. The number of hydrogen-bond acceptors (Lipinski definition) is 4. The van der Waals surface area contributed by atoms with Crippen LogP contribution in [0.5, 0.6) is 0 Å². The maximum atomic E-state index is 13.1. The quantitative estimate of drug-likeness (QED) is 0.800. The molecule has 2 aromatic carbocycles. The van der Waals surface area contributed by atoms with Crippen LogP contribution in [0, 0.1) is 5.82 Å². The highest BCUT2D eigenvalue weighted by atomic mass is 35.5. The Bertz CT molecular complexity index is 801. The van der Waals surface area contributed by atoms with Crippen LogP contribution in [-0.2, 0) is 0 Å². The van der Waals surface area contributed by atoms with Gasteiger partial charge in [-0.2, -0.15) is 4.68 Å². The largest absolute Gasteiger partial charge is 0.362 e. The van der Waals surface area contributed by atoms with Crippen molar-refractivity contribution in [2.45, 2.75) is 0 Å². The van der Waals surface area contributed by atoms with Gasteiger partial charge in [0.05, 0.1) is 10.7 Å². The van der Waals surface area contributed by atoms with Crippen LogP contribution >= 0.6 is 11.6 Å². The molecule has 22 heavy (non-hydrogen) atoms. The third kappa shape index (κ3) is 3.12. The van der Waals surface area contributed by atoms with Crippen molar-refractivity contribution in [3.05, 3.63) is 71.4 Å². The van der Waals surface area contributed by atoms with Crippen LogP contribution in [0.15, 0.2) is 54.7 Å². The monoisotopic (exact) mass is 315 g/mol. The Morgan fingerprint density at radius 2 is 1.95 bits per heavy atom. The number of benzene rings is 2. The summed E-state index contributed by atoms with van der Waals surface area (Å²) < 4.78 is 14.7. The van der Waals surface area contributed by atoms with Crippen LogP contribution in [0.4, 0.5) is 10.1 Å². The van der Waals surface area contributed by atoms with Gasteiger partial charge in [-0.25, -0.2) is 4.39 Å². The molecule has 0 aliphatic rings. The van der Waals surface area contributed by atoms with E-state index in [-0.39, 0.29) is 5.02 Å². The third-order valence-electron chi connectivity index (χ3n) is 2.90. The van der Waals surface area contributed by atoms with Gasteiger partial charge in [-0.3, -0.25) is 0 Å². The van der Waals surface area contributed by atoms with E-state index in [1.165, 1.54) is 12.1 Å². The van der Waals surface area contributed by atoms with Crippen LogP contribution in [0.3, 0.4) is 0 Å². The zero-order valence-electron chi connectivity index (χ0n) is 11.3. The number of nitrogens with zero attached hydrogens (tertiary/aromatic N) is 4. The lowest BCUT2D eigenvalue weighted by Crippen LogP contribution is -1.99. The van der Waals surface area contributed by atoms with Gasteiger partial charge in [0, 0.05) is 18.0 Å². The number of rotatable bonds is 4. The van der Waals surface area contributed by atoms with Gasteiger partial charge in [0.25, 0.3) is 0 Å². The number of anilines is 1. The molecule has 3 rings (SSSR count). The van der Waals surface area contributed by atoms with Crippen molar-refractivity contribution in [2.75, 3.05) is 5.32 Å². The van der Waals surface area contributed by atoms with Crippen LogP contribution < -0.4 is 5.32 Å². The van der Waals surface area contributed by atoms with E-state index in [4.69, 9.17) is 11.6 Å². The zero-order chi connectivity index (χ0) is 15.4. The molecule has 0 atom stereocenters. The number of halogens is 2. The lowest BCUT2D eigenvalue weighted by atomic mass is 10.3. The van der Waals surface area contributed by atoms with Crippen molar-refractivity contribution in [3.63, 3.8) is 0 Å². The summed E-state index contributed by atoms with van der Waals surface area (Å²) in [5.41, 5.74) is 1.53. The summed E-state index contributed by atoms with van der Waals surface area (Å²) in [4.78, 5) is 0. The molecule has 0 aliphatic carbocycles. The number of hydrogen-bond donors (Lipinski definition) is 1. The normalized spacial score (nSPS) is 11.0. The van der Waals surface area contributed by atoms with Crippen molar-refractivity contribution in [1.29, 1.82) is 0 Å². The van der Waals surface area contributed by atoms with E-state index in [1.54, 1.807) is 23.0 Å². The molecule has 0 amide bonds. The van der Waals surface area contributed by atoms with E-state index in [9.17, 15) is 4.39 Å². The topological polar surface area (TPSA) is 55.6 Å². The molecule has 0 bridgehead atoms. The number of aromatic nitrogens is 4. The first-order valence-corrected chi connectivity index (χ1v) is 6.84. The summed E-state index contributed by atoms with van der Waals surface area (Å²) in [6.45, 7) is 0. The van der Waals surface area contributed by atoms with Crippen molar-refractivity contribution >= 4 is 23.4 Å². The second-order valence-electron chi connectivity index (χ2n) is 4.39. The fourth-order valence-electron chi connectivity index (χ4n) is 1.85. The highest BCUT2D eigenvalue weighted by Gasteiger charge is 2.04. The van der Waals surface area contributed by atoms with Crippen molar-refractivity contribution < 1.29 is 4.39 Å². The first-order chi connectivity index (χ1) is 10.7. The Morgan fingerprint density at radius 1 is 1.14 bits per heavy atom. The van der Waals surface area contributed by atoms with E-state index in [2.05, 4.69) is 20.8 Å². The molecule has 0 saturated heterocycles. The van der Waals surface area contributed by atoms with Gasteiger partial charge >= 0.3 is 0 Å². The molecule has 1 aromatic heterocycles. The standard InChI is InChI=1S/C15H11ClFN5/c16-13-10-11(6-7-14(13)17)18-9-8-15-19-20-21-22(15)12-4-2-1-3-5-12/h1-10,18H/b9-8-. The summed E-state index contributed by atoms with van der Waals surface area (Å²) in [6.07, 6.45) is 3.37. The van der Waals surface area contributed by atoms with Gasteiger partial charge in [-0.1, -0.05) is 29.8 Å². The summed E-state index contributed by atoms with van der Waals surface area (Å²) in [6, 6.07) is 13.9. The predicted molar refractivity (Wildman–Crippen MR) is 83.2 cm³/mol. The lowest BCUT2D eigenvalue weighted by Gasteiger charge is -2.02. The second-order valence-corrected chi connectivity index (χ2v) is 4.80. The van der Waals surface area contributed by atoms with Gasteiger partial charge in [-0.15, -0.1) is 5.10 Å². The van der Waals surface area contributed by atoms with Gasteiger partial charge in [0.2, 0.25) is 0 Å². The van der Waals surface area contributed by atoms with Crippen LogP contribution in [0.25, 0.3) is 11.8 Å². The molecule has 7 heteroatoms.